The van der Waals surface area contributed by atoms with Crippen LogP contribution in [0, 0.1) is 5.92 Å². The zero-order chi connectivity index (χ0) is 10.3. The summed E-state index contributed by atoms with van der Waals surface area (Å²) in [5.74, 6) is -1.65. The molecule has 2 heterocycles. The van der Waals surface area contributed by atoms with Gasteiger partial charge in [0.2, 0.25) is 5.91 Å². The van der Waals surface area contributed by atoms with E-state index in [0.29, 0.717) is 0 Å². The zero-order valence-corrected chi connectivity index (χ0v) is 7.90. The molecule has 2 saturated heterocycles. The van der Waals surface area contributed by atoms with Crippen LogP contribution < -0.4 is 5.32 Å². The Morgan fingerprint density at radius 2 is 2.00 bits per heavy atom. The third kappa shape index (κ3) is 1.37. The van der Waals surface area contributed by atoms with E-state index in [0.717, 1.165) is 12.8 Å². The number of rotatable bonds is 2. The zero-order valence-electron chi connectivity index (χ0n) is 7.90. The molecule has 2 aliphatic heterocycles. The minimum atomic E-state index is -0.879. The summed E-state index contributed by atoms with van der Waals surface area (Å²) >= 11 is 0. The second-order valence-corrected chi connectivity index (χ2v) is 3.88. The number of carbonyl (C=O) groups excluding carboxylic acids is 1. The molecule has 78 valence electrons. The first-order chi connectivity index (χ1) is 6.59. The highest BCUT2D eigenvalue weighted by Gasteiger charge is 2.52. The van der Waals surface area contributed by atoms with Crippen LogP contribution in [0.5, 0.6) is 0 Å². The third-order valence-electron chi connectivity index (χ3n) is 2.93. The first-order valence-electron chi connectivity index (χ1n) is 4.75. The minimum Gasteiger partial charge on any atom is -0.481 e. The largest absolute Gasteiger partial charge is 0.481 e. The molecule has 1 amide bonds. The van der Waals surface area contributed by atoms with Gasteiger partial charge in [0.15, 0.2) is 0 Å². The van der Waals surface area contributed by atoms with Crippen LogP contribution in [0.4, 0.5) is 0 Å². The van der Waals surface area contributed by atoms with Crippen LogP contribution in [0.25, 0.3) is 0 Å². The molecule has 0 radical (unpaired) electrons. The van der Waals surface area contributed by atoms with E-state index in [1.807, 2.05) is 0 Å². The molecule has 0 unspecified atom stereocenters. The maximum atomic E-state index is 11.0. The van der Waals surface area contributed by atoms with E-state index in [-0.39, 0.29) is 24.2 Å². The SMILES string of the molecule is CC(=O)N[C@@H]1[C@H](C(=O)O)[C@H]2CC[C@@H]1O2. The Balaban J connectivity index is 2.13. The minimum absolute atomic E-state index is 0.106. The van der Waals surface area contributed by atoms with E-state index < -0.39 is 11.9 Å². The van der Waals surface area contributed by atoms with Gasteiger partial charge in [-0.25, -0.2) is 0 Å². The van der Waals surface area contributed by atoms with E-state index >= 15 is 0 Å². The molecule has 4 atom stereocenters. The Morgan fingerprint density at radius 3 is 2.57 bits per heavy atom. The van der Waals surface area contributed by atoms with Crippen molar-refractivity contribution in [3.8, 4) is 0 Å². The van der Waals surface area contributed by atoms with Gasteiger partial charge in [-0.15, -0.1) is 0 Å². The van der Waals surface area contributed by atoms with Gasteiger partial charge in [0.25, 0.3) is 0 Å². The third-order valence-corrected chi connectivity index (χ3v) is 2.93. The summed E-state index contributed by atoms with van der Waals surface area (Å²) in [5.41, 5.74) is 0. The van der Waals surface area contributed by atoms with E-state index in [1.54, 1.807) is 0 Å². The van der Waals surface area contributed by atoms with Gasteiger partial charge in [-0.3, -0.25) is 9.59 Å². The summed E-state index contributed by atoms with van der Waals surface area (Å²) in [4.78, 5) is 21.8. The molecule has 2 aliphatic rings. The van der Waals surface area contributed by atoms with Crippen molar-refractivity contribution < 1.29 is 19.4 Å². The Kier molecular flexibility index (Phi) is 2.19. The van der Waals surface area contributed by atoms with E-state index in [4.69, 9.17) is 9.84 Å². The van der Waals surface area contributed by atoms with Gasteiger partial charge < -0.3 is 15.2 Å². The molecule has 14 heavy (non-hydrogen) atoms. The van der Waals surface area contributed by atoms with Crippen LogP contribution in [0.3, 0.4) is 0 Å². The molecule has 0 aliphatic carbocycles. The molecule has 2 bridgehead atoms. The van der Waals surface area contributed by atoms with Crippen molar-refractivity contribution in [3.63, 3.8) is 0 Å². The van der Waals surface area contributed by atoms with Crippen LogP contribution in [0.2, 0.25) is 0 Å². The fraction of sp³-hybridized carbons (Fsp3) is 0.778. The molecular formula is C9H13NO4. The first kappa shape index (κ1) is 9.45. The fourth-order valence-corrected chi connectivity index (χ4v) is 2.41. The van der Waals surface area contributed by atoms with E-state index in [2.05, 4.69) is 5.32 Å². The van der Waals surface area contributed by atoms with Crippen LogP contribution in [-0.4, -0.2) is 35.2 Å². The highest BCUT2D eigenvalue weighted by atomic mass is 16.5. The Morgan fingerprint density at radius 1 is 1.36 bits per heavy atom. The highest BCUT2D eigenvalue weighted by molar-refractivity contribution is 5.77. The topological polar surface area (TPSA) is 75.6 Å². The lowest BCUT2D eigenvalue weighted by atomic mass is 9.84. The molecule has 2 fully saturated rings. The molecule has 5 heteroatoms. The standard InChI is InChI=1S/C9H13NO4/c1-4(11)10-8-6-3-2-5(14-6)7(8)9(12)13/h5-8H,2-3H2,1H3,(H,10,11)(H,12,13)/t5-,6+,7-,8+/m1/s1. The number of amides is 1. The highest BCUT2D eigenvalue weighted by Crippen LogP contribution is 2.39. The van der Waals surface area contributed by atoms with Gasteiger partial charge in [0.05, 0.1) is 18.2 Å². The summed E-state index contributed by atoms with van der Waals surface area (Å²) in [6, 6.07) is -0.344. The molecular weight excluding hydrogens is 186 g/mol. The van der Waals surface area contributed by atoms with Gasteiger partial charge >= 0.3 is 5.97 Å². The van der Waals surface area contributed by atoms with Crippen molar-refractivity contribution in [2.75, 3.05) is 0 Å². The van der Waals surface area contributed by atoms with Crippen molar-refractivity contribution in [2.45, 2.75) is 38.0 Å². The quantitative estimate of drug-likeness (QED) is 0.643. The van der Waals surface area contributed by atoms with Crippen LogP contribution in [0.1, 0.15) is 19.8 Å². The maximum Gasteiger partial charge on any atom is 0.311 e. The van der Waals surface area contributed by atoms with E-state index in [1.165, 1.54) is 6.92 Å². The summed E-state index contributed by atoms with van der Waals surface area (Å²) in [6.45, 7) is 1.39. The van der Waals surface area contributed by atoms with Crippen LogP contribution in [0.15, 0.2) is 0 Å². The van der Waals surface area contributed by atoms with Gasteiger partial charge in [0.1, 0.15) is 5.92 Å². The van der Waals surface area contributed by atoms with Crippen molar-refractivity contribution in [3.05, 3.63) is 0 Å². The molecule has 2 rings (SSSR count). The summed E-state index contributed by atoms with van der Waals surface area (Å²) in [5, 5.41) is 11.6. The molecule has 0 aromatic heterocycles. The second-order valence-electron chi connectivity index (χ2n) is 3.88. The number of nitrogens with one attached hydrogen (secondary N) is 1. The molecule has 0 spiro atoms. The average Bonchev–Trinajstić information content (AvgIpc) is 2.61. The van der Waals surface area contributed by atoms with Crippen LogP contribution >= 0.6 is 0 Å². The Hall–Kier alpha value is -1.10. The fourth-order valence-electron chi connectivity index (χ4n) is 2.41. The van der Waals surface area contributed by atoms with Gasteiger partial charge in [0, 0.05) is 6.92 Å². The van der Waals surface area contributed by atoms with Crippen molar-refractivity contribution in [1.82, 2.24) is 5.32 Å². The molecule has 2 N–H and O–H groups in total. The van der Waals surface area contributed by atoms with E-state index in [9.17, 15) is 9.59 Å². The number of ether oxygens (including phenoxy) is 1. The van der Waals surface area contributed by atoms with Gasteiger partial charge in [-0.2, -0.15) is 0 Å². The lowest BCUT2D eigenvalue weighted by Gasteiger charge is -2.24. The summed E-state index contributed by atoms with van der Waals surface area (Å²) in [7, 11) is 0. The summed E-state index contributed by atoms with van der Waals surface area (Å²) < 4.78 is 5.46. The Bertz CT molecular complexity index is 278. The smallest absolute Gasteiger partial charge is 0.311 e. The van der Waals surface area contributed by atoms with Gasteiger partial charge in [-0.05, 0) is 12.8 Å². The second kappa shape index (κ2) is 3.24. The average molecular weight is 199 g/mol. The van der Waals surface area contributed by atoms with Crippen molar-refractivity contribution in [2.24, 2.45) is 5.92 Å². The number of aliphatic carboxylic acids is 1. The van der Waals surface area contributed by atoms with Crippen molar-refractivity contribution in [1.29, 1.82) is 0 Å². The summed E-state index contributed by atoms with van der Waals surface area (Å²) in [6.07, 6.45) is 1.32. The van der Waals surface area contributed by atoms with Crippen LogP contribution in [-0.2, 0) is 14.3 Å². The predicted molar refractivity (Wildman–Crippen MR) is 46.6 cm³/mol. The number of fused-ring (bicyclic) bond motifs is 2. The first-order valence-corrected chi connectivity index (χ1v) is 4.75. The monoisotopic (exact) mass is 199 g/mol. The molecule has 0 aromatic carbocycles. The molecule has 0 saturated carbocycles. The van der Waals surface area contributed by atoms with Gasteiger partial charge in [-0.1, -0.05) is 0 Å². The lowest BCUT2D eigenvalue weighted by Crippen LogP contribution is -2.48. The Labute approximate surface area is 81.4 Å². The lowest BCUT2D eigenvalue weighted by molar-refractivity contribution is -0.144. The number of carbonyl (C=O) groups is 2. The molecule has 5 nitrogen and oxygen atoms in total. The predicted octanol–water partition coefficient (Wildman–Crippen LogP) is -0.247. The van der Waals surface area contributed by atoms with Crippen molar-refractivity contribution >= 4 is 11.9 Å². The number of carboxylic acid groups (broad SMARTS) is 1. The normalized spacial score (nSPS) is 39.8. The number of hydrogen-bond donors (Lipinski definition) is 2. The number of hydrogen-bond acceptors (Lipinski definition) is 3. The maximum absolute atomic E-state index is 11.0. The molecule has 0 aromatic rings. The number of carboxylic acids is 1.